The second-order valence-corrected chi connectivity index (χ2v) is 7.24. The van der Waals surface area contributed by atoms with Gasteiger partial charge in [0.05, 0.1) is 25.1 Å². The van der Waals surface area contributed by atoms with Crippen LogP contribution in [0.3, 0.4) is 0 Å². The van der Waals surface area contributed by atoms with Gasteiger partial charge < -0.3 is 9.84 Å². The molecule has 9 nitrogen and oxygen atoms in total. The summed E-state index contributed by atoms with van der Waals surface area (Å²) in [6.07, 6.45) is 7.79. The van der Waals surface area contributed by atoms with Crippen molar-refractivity contribution >= 4 is 6.21 Å². The molecule has 4 rings (SSSR count). The fourth-order valence-corrected chi connectivity index (χ4v) is 3.74. The van der Waals surface area contributed by atoms with Crippen LogP contribution in [0.1, 0.15) is 36.4 Å². The number of hydrazone groups is 1. The number of pyridine rings is 1. The van der Waals surface area contributed by atoms with Crippen LogP contribution in [0.2, 0.25) is 0 Å². The number of nitrogens with zero attached hydrogens (tertiary/aromatic N) is 4. The number of piperidine rings is 1. The maximum absolute atomic E-state index is 12.4. The molecule has 0 bridgehead atoms. The lowest BCUT2D eigenvalue weighted by atomic mass is 9.98. The molecule has 2 N–H and O–H groups in total. The van der Waals surface area contributed by atoms with Gasteiger partial charge >= 0.3 is 5.69 Å². The second-order valence-electron chi connectivity index (χ2n) is 7.24. The smallest absolute Gasteiger partial charge is 0.335 e. The number of benzene rings is 1. The van der Waals surface area contributed by atoms with Gasteiger partial charge in [0.1, 0.15) is 11.3 Å². The highest BCUT2D eigenvalue weighted by Crippen LogP contribution is 2.30. The maximum atomic E-state index is 12.4. The van der Waals surface area contributed by atoms with E-state index in [4.69, 9.17) is 4.74 Å². The summed E-state index contributed by atoms with van der Waals surface area (Å²) in [5.74, 6) is 0.0264. The first-order valence-electron chi connectivity index (χ1n) is 10.0. The van der Waals surface area contributed by atoms with E-state index in [2.05, 4.69) is 15.1 Å². The molecule has 160 valence electrons. The van der Waals surface area contributed by atoms with E-state index in [-0.39, 0.29) is 11.6 Å². The minimum absolute atomic E-state index is 0.0317. The zero-order valence-electron chi connectivity index (χ0n) is 17.1. The minimum atomic E-state index is -0.751. The molecule has 0 saturated carbocycles. The molecule has 3 heterocycles. The number of aromatic hydroxyl groups is 1. The van der Waals surface area contributed by atoms with Gasteiger partial charge in [-0.25, -0.2) is 9.36 Å². The Labute approximate surface area is 178 Å². The van der Waals surface area contributed by atoms with Crippen molar-refractivity contribution in [1.29, 1.82) is 0 Å². The standard InChI is InChI=1S/C22H23N5O4/c1-31-17-8-4-7-16(12-17)27-21(29)18(20(28)25-22(27)30)14-24-26-11-3-2-9-19(26)15-6-5-10-23-13-15/h4-8,10,12-14,19,29H,2-3,9,11H2,1H3,(H,25,28,30)/b24-14+/t19-/m0/s1. The molecule has 1 aromatic carbocycles. The van der Waals surface area contributed by atoms with E-state index in [0.29, 0.717) is 18.0 Å². The van der Waals surface area contributed by atoms with Crippen LogP contribution in [-0.4, -0.2) is 44.5 Å². The van der Waals surface area contributed by atoms with Crippen LogP contribution in [0.15, 0.2) is 63.5 Å². The van der Waals surface area contributed by atoms with E-state index in [9.17, 15) is 14.7 Å². The zero-order chi connectivity index (χ0) is 21.8. The summed E-state index contributed by atoms with van der Waals surface area (Å²) in [4.78, 5) is 31.3. The Morgan fingerprint density at radius 3 is 2.90 bits per heavy atom. The largest absolute Gasteiger partial charge is 0.497 e. The van der Waals surface area contributed by atoms with Crippen molar-refractivity contribution in [2.24, 2.45) is 5.10 Å². The predicted molar refractivity (Wildman–Crippen MR) is 116 cm³/mol. The normalized spacial score (nSPS) is 16.5. The summed E-state index contributed by atoms with van der Waals surface area (Å²) >= 11 is 0. The number of aromatic amines is 1. The molecule has 3 aromatic rings. The number of hydrogen-bond donors (Lipinski definition) is 2. The van der Waals surface area contributed by atoms with Gasteiger partial charge in [-0.05, 0) is 43.0 Å². The summed E-state index contributed by atoms with van der Waals surface area (Å²) in [6.45, 7) is 0.713. The number of aromatic nitrogens is 3. The van der Waals surface area contributed by atoms with Crippen molar-refractivity contribution in [3.05, 3.63) is 80.8 Å². The number of ether oxygens (including phenoxy) is 1. The van der Waals surface area contributed by atoms with E-state index in [1.165, 1.54) is 13.3 Å². The van der Waals surface area contributed by atoms with Crippen molar-refractivity contribution in [3.63, 3.8) is 0 Å². The molecule has 0 aliphatic carbocycles. The molecular formula is C22H23N5O4. The second kappa shape index (κ2) is 8.86. The molecule has 2 aromatic heterocycles. The Morgan fingerprint density at radius 2 is 2.13 bits per heavy atom. The monoisotopic (exact) mass is 421 g/mol. The van der Waals surface area contributed by atoms with Gasteiger partial charge in [0, 0.05) is 25.0 Å². The first-order chi connectivity index (χ1) is 15.1. The highest BCUT2D eigenvalue weighted by molar-refractivity contribution is 5.82. The summed E-state index contributed by atoms with van der Waals surface area (Å²) in [5, 5.41) is 17.1. The summed E-state index contributed by atoms with van der Waals surface area (Å²) < 4.78 is 6.20. The van der Waals surface area contributed by atoms with Gasteiger partial charge in [-0.3, -0.25) is 19.8 Å². The van der Waals surface area contributed by atoms with E-state index in [1.54, 1.807) is 30.5 Å². The van der Waals surface area contributed by atoms with Crippen molar-refractivity contribution in [2.45, 2.75) is 25.3 Å². The van der Waals surface area contributed by atoms with Crippen molar-refractivity contribution in [3.8, 4) is 17.3 Å². The van der Waals surface area contributed by atoms with E-state index >= 15 is 0 Å². The van der Waals surface area contributed by atoms with Crippen LogP contribution in [0.25, 0.3) is 5.69 Å². The van der Waals surface area contributed by atoms with Gasteiger partial charge in [0.15, 0.2) is 0 Å². The van der Waals surface area contributed by atoms with E-state index in [0.717, 1.165) is 29.4 Å². The minimum Gasteiger partial charge on any atom is -0.497 e. The molecule has 31 heavy (non-hydrogen) atoms. The lowest BCUT2D eigenvalue weighted by molar-refractivity contribution is 0.156. The molecule has 0 radical (unpaired) electrons. The summed E-state index contributed by atoms with van der Waals surface area (Å²) in [7, 11) is 1.50. The molecule has 0 amide bonds. The molecule has 1 saturated heterocycles. The topological polar surface area (TPSA) is 113 Å². The Balaban J connectivity index is 1.72. The molecular weight excluding hydrogens is 398 g/mol. The zero-order valence-corrected chi connectivity index (χ0v) is 17.1. The molecule has 0 spiro atoms. The quantitative estimate of drug-likeness (QED) is 0.611. The summed E-state index contributed by atoms with van der Waals surface area (Å²) in [5.41, 5.74) is -0.157. The third-order valence-corrected chi connectivity index (χ3v) is 5.31. The molecule has 9 heteroatoms. The van der Waals surface area contributed by atoms with Gasteiger partial charge in [-0.15, -0.1) is 0 Å². The first kappa shape index (κ1) is 20.4. The van der Waals surface area contributed by atoms with Crippen molar-refractivity contribution in [2.75, 3.05) is 13.7 Å². The average Bonchev–Trinajstić information content (AvgIpc) is 2.79. The third kappa shape index (κ3) is 4.20. The maximum Gasteiger partial charge on any atom is 0.335 e. The Bertz CT molecular complexity index is 1200. The Kier molecular flexibility index (Phi) is 5.83. The molecule has 1 aliphatic rings. The van der Waals surface area contributed by atoms with E-state index < -0.39 is 17.1 Å². The lowest BCUT2D eigenvalue weighted by Gasteiger charge is -2.33. The van der Waals surface area contributed by atoms with Crippen LogP contribution in [0.5, 0.6) is 11.6 Å². The summed E-state index contributed by atoms with van der Waals surface area (Å²) in [6, 6.07) is 10.5. The highest BCUT2D eigenvalue weighted by Gasteiger charge is 2.23. The number of hydrogen-bond acceptors (Lipinski definition) is 7. The van der Waals surface area contributed by atoms with Crippen LogP contribution in [-0.2, 0) is 0 Å². The van der Waals surface area contributed by atoms with Gasteiger partial charge in [-0.1, -0.05) is 12.1 Å². The van der Waals surface area contributed by atoms with Crippen LogP contribution < -0.4 is 16.0 Å². The molecule has 1 fully saturated rings. The lowest BCUT2D eigenvalue weighted by Crippen LogP contribution is -2.32. The Hall–Kier alpha value is -3.88. The van der Waals surface area contributed by atoms with E-state index in [1.807, 2.05) is 23.3 Å². The van der Waals surface area contributed by atoms with Crippen LogP contribution in [0, 0.1) is 0 Å². The van der Waals surface area contributed by atoms with Crippen LogP contribution >= 0.6 is 0 Å². The van der Waals surface area contributed by atoms with Gasteiger partial charge in [-0.2, -0.15) is 5.10 Å². The third-order valence-electron chi connectivity index (χ3n) is 5.31. The fraction of sp³-hybridized carbons (Fsp3) is 0.273. The SMILES string of the molecule is COc1cccc(-n2c(O)c(/C=N/N3CCCC[C@H]3c3cccnc3)c(=O)[nH]c2=O)c1. The molecule has 1 aliphatic heterocycles. The van der Waals surface area contributed by atoms with Gasteiger partial charge in [0.2, 0.25) is 5.88 Å². The number of methoxy groups -OCH3 is 1. The Morgan fingerprint density at radius 1 is 1.26 bits per heavy atom. The number of nitrogens with one attached hydrogen (secondary N) is 1. The number of H-pyrrole nitrogens is 1. The van der Waals surface area contributed by atoms with Crippen LogP contribution in [0.4, 0.5) is 0 Å². The molecule has 0 unspecified atom stereocenters. The average molecular weight is 421 g/mol. The van der Waals surface area contributed by atoms with Crippen molar-refractivity contribution in [1.82, 2.24) is 19.5 Å². The fourth-order valence-electron chi connectivity index (χ4n) is 3.74. The van der Waals surface area contributed by atoms with Crippen molar-refractivity contribution < 1.29 is 9.84 Å². The molecule has 1 atom stereocenters. The number of rotatable bonds is 5. The predicted octanol–water partition coefficient (Wildman–Crippen LogP) is 2.20. The first-order valence-corrected chi connectivity index (χ1v) is 10.0. The highest BCUT2D eigenvalue weighted by atomic mass is 16.5. The van der Waals surface area contributed by atoms with Gasteiger partial charge in [0.25, 0.3) is 5.56 Å².